The molecule has 1 amide bonds. The van der Waals surface area contributed by atoms with E-state index in [9.17, 15) is 30.3 Å². The summed E-state index contributed by atoms with van der Waals surface area (Å²) in [4.78, 5) is 12.9. The van der Waals surface area contributed by atoms with Crippen LogP contribution < -0.4 is 5.32 Å². The lowest BCUT2D eigenvalue weighted by atomic mass is 9.99. The van der Waals surface area contributed by atoms with Gasteiger partial charge in [0.05, 0.1) is 25.4 Å². The highest BCUT2D eigenvalue weighted by atomic mass is 16.7. The van der Waals surface area contributed by atoms with Crippen LogP contribution in [0.3, 0.4) is 0 Å². The average molecular weight is 864 g/mol. The zero-order valence-corrected chi connectivity index (χ0v) is 39.4. The number of hydrogen-bond acceptors (Lipinski definition) is 8. The molecule has 1 aliphatic heterocycles. The number of allylic oxidation sites excluding steroid dienone is 5. The fourth-order valence-electron chi connectivity index (χ4n) is 8.05. The van der Waals surface area contributed by atoms with Gasteiger partial charge in [-0.3, -0.25) is 4.79 Å². The summed E-state index contributed by atoms with van der Waals surface area (Å²) < 4.78 is 11.2. The molecule has 1 saturated heterocycles. The first-order valence-corrected chi connectivity index (χ1v) is 25.7. The molecule has 0 bridgehead atoms. The molecular formula is C52H97NO8. The van der Waals surface area contributed by atoms with Crippen molar-refractivity contribution >= 4 is 5.91 Å². The average Bonchev–Trinajstić information content (AvgIpc) is 3.26. The van der Waals surface area contributed by atoms with Crippen molar-refractivity contribution in [3.8, 4) is 0 Å². The molecule has 7 unspecified atom stereocenters. The molecule has 9 heteroatoms. The van der Waals surface area contributed by atoms with Gasteiger partial charge >= 0.3 is 0 Å². The molecule has 0 radical (unpaired) electrons. The van der Waals surface area contributed by atoms with Crippen LogP contribution in [0.15, 0.2) is 36.5 Å². The Kier molecular flexibility index (Phi) is 39.9. The van der Waals surface area contributed by atoms with Crippen molar-refractivity contribution in [2.24, 2.45) is 0 Å². The van der Waals surface area contributed by atoms with Crippen LogP contribution in [-0.4, -0.2) is 87.5 Å². The van der Waals surface area contributed by atoms with Gasteiger partial charge in [-0.25, -0.2) is 0 Å². The smallest absolute Gasteiger partial charge is 0.220 e. The van der Waals surface area contributed by atoms with E-state index in [4.69, 9.17) is 9.47 Å². The molecule has 0 aromatic heterocycles. The summed E-state index contributed by atoms with van der Waals surface area (Å²) in [6, 6.07) is -0.824. The highest BCUT2D eigenvalue weighted by Crippen LogP contribution is 2.23. The number of carbonyl (C=O) groups is 1. The molecule has 7 atom stereocenters. The Hall–Kier alpha value is -1.59. The fourth-order valence-corrected chi connectivity index (χ4v) is 8.05. The molecule has 1 rings (SSSR count). The van der Waals surface area contributed by atoms with E-state index in [2.05, 4.69) is 43.5 Å². The highest BCUT2D eigenvalue weighted by molar-refractivity contribution is 5.76. The van der Waals surface area contributed by atoms with Crippen molar-refractivity contribution in [2.45, 2.75) is 275 Å². The second-order valence-corrected chi connectivity index (χ2v) is 18.0. The van der Waals surface area contributed by atoms with Gasteiger partial charge in [0.15, 0.2) is 6.29 Å². The van der Waals surface area contributed by atoms with Crippen molar-refractivity contribution in [2.75, 3.05) is 13.2 Å². The van der Waals surface area contributed by atoms with Crippen LogP contribution in [-0.2, 0) is 14.3 Å². The first-order chi connectivity index (χ1) is 29.8. The third kappa shape index (κ3) is 32.7. The lowest BCUT2D eigenvalue weighted by Crippen LogP contribution is -2.60. The summed E-state index contributed by atoms with van der Waals surface area (Å²) in [5, 5.41) is 54.2. The number of unbranched alkanes of at least 4 members (excludes halogenated alkanes) is 29. The zero-order valence-electron chi connectivity index (χ0n) is 39.4. The summed E-state index contributed by atoms with van der Waals surface area (Å²) in [6.07, 6.45) is 46.4. The normalized spacial score (nSPS) is 20.7. The Morgan fingerprint density at radius 1 is 0.541 bits per heavy atom. The van der Waals surface area contributed by atoms with E-state index in [1.807, 2.05) is 6.08 Å². The minimum absolute atomic E-state index is 0.196. The van der Waals surface area contributed by atoms with Crippen molar-refractivity contribution < 1.29 is 39.8 Å². The maximum absolute atomic E-state index is 12.9. The highest BCUT2D eigenvalue weighted by Gasteiger charge is 2.44. The third-order valence-corrected chi connectivity index (χ3v) is 12.2. The van der Waals surface area contributed by atoms with Gasteiger partial charge in [-0.15, -0.1) is 0 Å². The third-order valence-electron chi connectivity index (χ3n) is 12.2. The van der Waals surface area contributed by atoms with E-state index >= 15 is 0 Å². The Morgan fingerprint density at radius 2 is 0.934 bits per heavy atom. The molecule has 0 aliphatic carbocycles. The number of hydrogen-bond donors (Lipinski definition) is 6. The van der Waals surface area contributed by atoms with Crippen LogP contribution in [0.25, 0.3) is 0 Å². The molecule has 0 aromatic rings. The van der Waals surface area contributed by atoms with E-state index in [1.165, 1.54) is 154 Å². The molecule has 1 fully saturated rings. The first-order valence-electron chi connectivity index (χ1n) is 25.7. The van der Waals surface area contributed by atoms with E-state index in [0.717, 1.165) is 57.8 Å². The van der Waals surface area contributed by atoms with Crippen LogP contribution in [0.5, 0.6) is 0 Å². The Balaban J connectivity index is 2.28. The van der Waals surface area contributed by atoms with Gasteiger partial charge < -0.3 is 40.3 Å². The van der Waals surface area contributed by atoms with Gasteiger partial charge in [0.25, 0.3) is 0 Å². The summed E-state index contributed by atoms with van der Waals surface area (Å²) in [5.74, 6) is -0.196. The van der Waals surface area contributed by atoms with Crippen LogP contribution in [0, 0.1) is 0 Å². The molecule has 9 nitrogen and oxygen atoms in total. The van der Waals surface area contributed by atoms with Gasteiger partial charge in [0, 0.05) is 6.42 Å². The van der Waals surface area contributed by atoms with Crippen LogP contribution in [0.4, 0.5) is 0 Å². The number of carbonyl (C=O) groups excluding carboxylic acids is 1. The Bertz CT molecular complexity index is 1050. The number of rotatable bonds is 43. The van der Waals surface area contributed by atoms with Gasteiger partial charge in [0.1, 0.15) is 24.4 Å². The molecule has 1 aliphatic rings. The SMILES string of the molecule is CCCCCC/C=C\CCCCCCCC(=O)NC(COC1OC(CO)C(O)C(O)C1O)C(O)/C=C/CC/C=C/CCCCCCCCCCCCCCCCCCCCC. The molecular weight excluding hydrogens is 767 g/mol. The van der Waals surface area contributed by atoms with E-state index in [-0.39, 0.29) is 12.5 Å². The monoisotopic (exact) mass is 864 g/mol. The molecule has 0 saturated carbocycles. The minimum Gasteiger partial charge on any atom is -0.394 e. The van der Waals surface area contributed by atoms with E-state index in [0.29, 0.717) is 6.42 Å². The standard InChI is InChI=1S/C52H97NO8/c1-3-5-7-9-11-13-15-17-18-19-20-21-22-23-24-25-26-27-28-30-31-33-35-37-39-41-46(55)45(44-60-52-51(59)50(58)49(57)47(43-54)61-52)53-48(56)42-40-38-36-34-32-29-16-14-12-10-8-6-4-2/h14,16,31,33,39,41,45-47,49-52,54-55,57-59H,3-13,15,17-30,32,34-38,40,42-44H2,1-2H3,(H,53,56)/b16-14-,33-31+,41-39+. The maximum atomic E-state index is 12.9. The summed E-state index contributed by atoms with van der Waals surface area (Å²) in [6.45, 7) is 3.75. The van der Waals surface area contributed by atoms with Crippen LogP contribution in [0.2, 0.25) is 0 Å². The van der Waals surface area contributed by atoms with E-state index < -0.39 is 49.5 Å². The van der Waals surface area contributed by atoms with Gasteiger partial charge in [-0.2, -0.15) is 0 Å². The Morgan fingerprint density at radius 3 is 1.39 bits per heavy atom. The second kappa shape index (κ2) is 42.4. The van der Waals surface area contributed by atoms with Crippen molar-refractivity contribution in [3.05, 3.63) is 36.5 Å². The largest absolute Gasteiger partial charge is 0.394 e. The maximum Gasteiger partial charge on any atom is 0.220 e. The Labute approximate surface area is 374 Å². The summed E-state index contributed by atoms with van der Waals surface area (Å²) in [5.41, 5.74) is 0. The number of amides is 1. The predicted molar refractivity (Wildman–Crippen MR) is 253 cm³/mol. The molecule has 0 spiro atoms. The summed E-state index contributed by atoms with van der Waals surface area (Å²) in [7, 11) is 0. The summed E-state index contributed by atoms with van der Waals surface area (Å²) >= 11 is 0. The molecule has 1 heterocycles. The zero-order chi connectivity index (χ0) is 44.4. The topological polar surface area (TPSA) is 149 Å². The number of aliphatic hydroxyl groups is 5. The van der Waals surface area contributed by atoms with Crippen molar-refractivity contribution in [1.29, 1.82) is 0 Å². The number of nitrogens with one attached hydrogen (secondary N) is 1. The van der Waals surface area contributed by atoms with E-state index in [1.54, 1.807) is 6.08 Å². The minimum atomic E-state index is -1.57. The second-order valence-electron chi connectivity index (χ2n) is 18.0. The van der Waals surface area contributed by atoms with Crippen molar-refractivity contribution in [3.63, 3.8) is 0 Å². The van der Waals surface area contributed by atoms with Crippen LogP contribution in [0.1, 0.15) is 232 Å². The molecule has 358 valence electrons. The fraction of sp³-hybridized carbons (Fsp3) is 0.865. The lowest BCUT2D eigenvalue weighted by Gasteiger charge is -2.40. The van der Waals surface area contributed by atoms with Crippen LogP contribution >= 0.6 is 0 Å². The first kappa shape index (κ1) is 57.4. The van der Waals surface area contributed by atoms with Crippen molar-refractivity contribution in [1.82, 2.24) is 5.32 Å². The molecule has 6 N–H and O–H groups in total. The van der Waals surface area contributed by atoms with Gasteiger partial charge in [0.2, 0.25) is 5.91 Å². The van der Waals surface area contributed by atoms with Gasteiger partial charge in [-0.1, -0.05) is 204 Å². The molecule has 61 heavy (non-hydrogen) atoms. The molecule has 0 aromatic carbocycles. The number of aliphatic hydroxyl groups excluding tert-OH is 5. The quantitative estimate of drug-likeness (QED) is 0.0262. The lowest BCUT2D eigenvalue weighted by molar-refractivity contribution is -0.302. The number of ether oxygens (including phenoxy) is 2. The predicted octanol–water partition coefficient (Wildman–Crippen LogP) is 11.6. The van der Waals surface area contributed by atoms with Gasteiger partial charge in [-0.05, 0) is 57.8 Å².